The lowest BCUT2D eigenvalue weighted by Gasteiger charge is -2.21. The van der Waals surface area contributed by atoms with Crippen molar-refractivity contribution in [3.05, 3.63) is 70.9 Å². The first-order valence-electron chi connectivity index (χ1n) is 9.80. The van der Waals surface area contributed by atoms with Crippen LogP contribution < -0.4 is 19.5 Å². The van der Waals surface area contributed by atoms with Crippen LogP contribution >= 0.6 is 0 Å². The summed E-state index contributed by atoms with van der Waals surface area (Å²) < 4.78 is 45.6. The Morgan fingerprint density at radius 1 is 1.12 bits per heavy atom. The van der Waals surface area contributed by atoms with Crippen molar-refractivity contribution >= 4 is 17.6 Å². The Bertz CT molecular complexity index is 1180. The summed E-state index contributed by atoms with van der Waals surface area (Å²) in [5.74, 6) is -0.861. The molecule has 10 heteroatoms. The molecule has 0 saturated heterocycles. The van der Waals surface area contributed by atoms with E-state index in [2.05, 4.69) is 5.32 Å². The van der Waals surface area contributed by atoms with Crippen molar-refractivity contribution in [2.75, 3.05) is 26.3 Å². The maximum absolute atomic E-state index is 14.0. The molecule has 0 radical (unpaired) electrons. The number of hydrogen-bond acceptors (Lipinski definition) is 8. The molecule has 9 nitrogen and oxygen atoms in total. The van der Waals surface area contributed by atoms with Gasteiger partial charge in [-0.1, -0.05) is 0 Å². The van der Waals surface area contributed by atoms with Crippen LogP contribution in [0.4, 0.5) is 10.1 Å². The molecule has 33 heavy (non-hydrogen) atoms. The number of methoxy groups -OCH3 is 2. The van der Waals surface area contributed by atoms with Crippen LogP contribution in [0.5, 0.6) is 17.2 Å². The van der Waals surface area contributed by atoms with Crippen LogP contribution in [0.15, 0.2) is 47.1 Å². The Kier molecular flexibility index (Phi) is 6.45. The Hall–Kier alpha value is -4.05. The quantitative estimate of drug-likeness (QED) is 0.533. The number of nitrogens with one attached hydrogen (secondary N) is 1. The monoisotopic (exact) mass is 457 g/mol. The fourth-order valence-electron chi connectivity index (χ4n) is 3.33. The van der Waals surface area contributed by atoms with E-state index < -0.39 is 17.7 Å². The van der Waals surface area contributed by atoms with Crippen molar-refractivity contribution in [3.63, 3.8) is 0 Å². The van der Waals surface area contributed by atoms with Crippen molar-refractivity contribution in [2.45, 2.75) is 13.2 Å². The molecule has 1 aliphatic rings. The highest BCUT2D eigenvalue weighted by molar-refractivity contribution is 6.07. The first kappa shape index (κ1) is 22.2. The molecule has 0 aliphatic carbocycles. The molecule has 0 unspecified atom stereocenters. The molecule has 1 aromatic heterocycles. The summed E-state index contributed by atoms with van der Waals surface area (Å²) >= 11 is 0. The highest BCUT2D eigenvalue weighted by atomic mass is 19.1. The molecule has 172 valence electrons. The predicted molar refractivity (Wildman–Crippen MR) is 112 cm³/mol. The average Bonchev–Trinajstić information content (AvgIpc) is 3.37. The standard InChI is InChI=1S/C23H20FNO8/c1-28-19-8-16(17(9-20(19)29-2)25-22(26)18-4-3-5-31-18)23(27)32-11-14-7-15(24)6-13-10-30-12-33-21(13)14/h3-9H,10-12H2,1-2H3,(H,25,26). The Balaban J connectivity index is 1.61. The molecular weight excluding hydrogens is 437 g/mol. The van der Waals surface area contributed by atoms with Gasteiger partial charge in [0.1, 0.15) is 18.2 Å². The second-order valence-corrected chi connectivity index (χ2v) is 6.92. The number of benzene rings is 2. The van der Waals surface area contributed by atoms with Crippen molar-refractivity contribution in [1.82, 2.24) is 0 Å². The first-order chi connectivity index (χ1) is 16.0. The summed E-state index contributed by atoms with van der Waals surface area (Å²) in [6, 6.07) is 8.38. The number of carbonyl (C=O) groups is 2. The van der Waals surface area contributed by atoms with E-state index in [0.29, 0.717) is 16.9 Å². The van der Waals surface area contributed by atoms with Gasteiger partial charge in [0.15, 0.2) is 24.1 Å². The summed E-state index contributed by atoms with van der Waals surface area (Å²) in [6.07, 6.45) is 1.35. The maximum Gasteiger partial charge on any atom is 0.340 e. The maximum atomic E-state index is 14.0. The number of ether oxygens (including phenoxy) is 5. The third-order valence-electron chi connectivity index (χ3n) is 4.85. The molecule has 4 rings (SSSR count). The summed E-state index contributed by atoms with van der Waals surface area (Å²) in [6.45, 7) is -0.0657. The largest absolute Gasteiger partial charge is 0.493 e. The Labute approximate surface area is 187 Å². The minimum absolute atomic E-state index is 0.00192. The van der Waals surface area contributed by atoms with Gasteiger partial charge in [0.2, 0.25) is 0 Å². The lowest BCUT2D eigenvalue weighted by Crippen LogP contribution is -2.17. The SMILES string of the molecule is COc1cc(NC(=O)c2ccco2)c(C(=O)OCc2cc(F)cc3c2OCOC3)cc1OC. The Morgan fingerprint density at radius 3 is 2.64 bits per heavy atom. The zero-order chi connectivity index (χ0) is 23.4. The van der Waals surface area contributed by atoms with Crippen LogP contribution in [-0.2, 0) is 22.7 Å². The van der Waals surface area contributed by atoms with Crippen molar-refractivity contribution in [3.8, 4) is 17.2 Å². The van der Waals surface area contributed by atoms with Crippen LogP contribution in [0, 0.1) is 5.82 Å². The first-order valence-corrected chi connectivity index (χ1v) is 9.80. The van der Waals surface area contributed by atoms with Crippen LogP contribution in [0.2, 0.25) is 0 Å². The zero-order valence-electron chi connectivity index (χ0n) is 17.8. The minimum Gasteiger partial charge on any atom is -0.493 e. The van der Waals surface area contributed by atoms with Gasteiger partial charge in [0.25, 0.3) is 5.91 Å². The van der Waals surface area contributed by atoms with Gasteiger partial charge in [0, 0.05) is 23.3 Å². The number of halogens is 1. The van der Waals surface area contributed by atoms with E-state index in [4.69, 9.17) is 28.1 Å². The van der Waals surface area contributed by atoms with Crippen LogP contribution in [0.25, 0.3) is 0 Å². The molecule has 0 bridgehead atoms. The lowest BCUT2D eigenvalue weighted by atomic mass is 10.1. The summed E-state index contributed by atoms with van der Waals surface area (Å²) in [4.78, 5) is 25.5. The number of amides is 1. The molecule has 0 atom stereocenters. The zero-order valence-corrected chi connectivity index (χ0v) is 17.8. The van der Waals surface area contributed by atoms with Gasteiger partial charge in [-0.25, -0.2) is 9.18 Å². The highest BCUT2D eigenvalue weighted by Crippen LogP contribution is 2.35. The van der Waals surface area contributed by atoms with Gasteiger partial charge >= 0.3 is 5.97 Å². The van der Waals surface area contributed by atoms with Gasteiger partial charge < -0.3 is 33.4 Å². The van der Waals surface area contributed by atoms with Gasteiger partial charge in [-0.2, -0.15) is 0 Å². The number of carbonyl (C=O) groups excluding carboxylic acids is 2. The van der Waals surface area contributed by atoms with E-state index in [1.54, 1.807) is 6.07 Å². The number of rotatable bonds is 7. The second kappa shape index (κ2) is 9.61. The van der Waals surface area contributed by atoms with Crippen molar-refractivity contribution < 1.29 is 42.1 Å². The Morgan fingerprint density at radius 2 is 1.91 bits per heavy atom. The molecule has 1 N–H and O–H groups in total. The summed E-state index contributed by atoms with van der Waals surface area (Å²) in [5, 5.41) is 2.61. The average molecular weight is 457 g/mol. The van der Waals surface area contributed by atoms with Crippen LogP contribution in [-0.4, -0.2) is 32.9 Å². The van der Waals surface area contributed by atoms with E-state index in [-0.39, 0.29) is 48.5 Å². The predicted octanol–water partition coefficient (Wildman–Crippen LogP) is 3.91. The summed E-state index contributed by atoms with van der Waals surface area (Å²) in [5.41, 5.74) is 0.986. The van der Waals surface area contributed by atoms with Gasteiger partial charge in [0.05, 0.1) is 38.3 Å². The molecule has 0 fully saturated rings. The van der Waals surface area contributed by atoms with E-state index in [0.717, 1.165) is 0 Å². The van der Waals surface area contributed by atoms with Gasteiger partial charge in [-0.15, -0.1) is 0 Å². The molecule has 3 aromatic rings. The molecule has 2 aromatic carbocycles. The van der Waals surface area contributed by atoms with Crippen molar-refractivity contribution in [1.29, 1.82) is 0 Å². The fourth-order valence-corrected chi connectivity index (χ4v) is 3.33. The van der Waals surface area contributed by atoms with Crippen LogP contribution in [0.3, 0.4) is 0 Å². The molecule has 1 aliphatic heterocycles. The summed E-state index contributed by atoms with van der Waals surface area (Å²) in [7, 11) is 2.83. The van der Waals surface area contributed by atoms with Gasteiger partial charge in [-0.3, -0.25) is 4.79 Å². The smallest absolute Gasteiger partial charge is 0.340 e. The molecule has 2 heterocycles. The fraction of sp³-hybridized carbons (Fsp3) is 0.217. The molecule has 1 amide bonds. The van der Waals surface area contributed by atoms with E-state index >= 15 is 0 Å². The number of furan rings is 1. The number of anilines is 1. The molecule has 0 spiro atoms. The molecule has 0 saturated carbocycles. The normalized spacial score (nSPS) is 12.3. The van der Waals surface area contributed by atoms with E-state index in [9.17, 15) is 14.0 Å². The third-order valence-corrected chi connectivity index (χ3v) is 4.85. The number of hydrogen-bond donors (Lipinski definition) is 1. The molecular formula is C23H20FNO8. The van der Waals surface area contributed by atoms with E-state index in [1.807, 2.05) is 0 Å². The third kappa shape index (κ3) is 4.75. The number of fused-ring (bicyclic) bond motifs is 1. The van der Waals surface area contributed by atoms with Crippen molar-refractivity contribution in [2.24, 2.45) is 0 Å². The second-order valence-electron chi connectivity index (χ2n) is 6.92. The minimum atomic E-state index is -0.782. The lowest BCUT2D eigenvalue weighted by molar-refractivity contribution is -0.0182. The number of esters is 1. The van der Waals surface area contributed by atoms with Crippen LogP contribution in [0.1, 0.15) is 32.0 Å². The highest BCUT2D eigenvalue weighted by Gasteiger charge is 2.23. The van der Waals surface area contributed by atoms with E-state index in [1.165, 1.54) is 50.8 Å². The van der Waals surface area contributed by atoms with Gasteiger partial charge in [-0.05, 0) is 24.3 Å². The topological polar surface area (TPSA) is 105 Å².